The first-order valence-corrected chi connectivity index (χ1v) is 6.33. The Morgan fingerprint density at radius 3 is 2.56 bits per heavy atom. The molecule has 0 aromatic heterocycles. The van der Waals surface area contributed by atoms with Gasteiger partial charge in [-0.2, -0.15) is 0 Å². The molecule has 3 N–H and O–H groups in total. The number of nitrogens with one attached hydrogen (secondary N) is 1. The summed E-state index contributed by atoms with van der Waals surface area (Å²) in [7, 11) is 0. The van der Waals surface area contributed by atoms with E-state index in [9.17, 15) is 0 Å². The zero-order valence-electron chi connectivity index (χ0n) is 10.1. The van der Waals surface area contributed by atoms with Gasteiger partial charge in [-0.05, 0) is 44.4 Å². The lowest BCUT2D eigenvalue weighted by atomic mass is 9.84. The van der Waals surface area contributed by atoms with Crippen molar-refractivity contribution in [1.29, 1.82) is 0 Å². The van der Waals surface area contributed by atoms with Crippen LogP contribution in [0.15, 0.2) is 24.3 Å². The lowest BCUT2D eigenvalue weighted by molar-refractivity contribution is 0.332. The second-order valence-electron chi connectivity index (χ2n) is 4.90. The Hall–Kier alpha value is -1.02. The summed E-state index contributed by atoms with van der Waals surface area (Å²) in [6.45, 7) is 2.93. The van der Waals surface area contributed by atoms with Crippen molar-refractivity contribution in [2.24, 2.45) is 11.7 Å². The van der Waals surface area contributed by atoms with Gasteiger partial charge in [-0.15, -0.1) is 0 Å². The van der Waals surface area contributed by atoms with Crippen molar-refractivity contribution in [3.63, 3.8) is 0 Å². The van der Waals surface area contributed by atoms with E-state index in [0.29, 0.717) is 12.0 Å². The summed E-state index contributed by atoms with van der Waals surface area (Å²) in [5, 5.41) is 3.63. The van der Waals surface area contributed by atoms with Crippen molar-refractivity contribution < 1.29 is 0 Å². The van der Waals surface area contributed by atoms with Gasteiger partial charge in [0.2, 0.25) is 0 Å². The predicted molar refractivity (Wildman–Crippen MR) is 69.6 cm³/mol. The van der Waals surface area contributed by atoms with Crippen molar-refractivity contribution in [2.75, 3.05) is 11.9 Å². The second kappa shape index (κ2) is 5.35. The van der Waals surface area contributed by atoms with Gasteiger partial charge >= 0.3 is 0 Å². The molecule has 88 valence electrons. The van der Waals surface area contributed by atoms with E-state index < -0.39 is 0 Å². The van der Waals surface area contributed by atoms with Crippen LogP contribution < -0.4 is 11.1 Å². The third kappa shape index (κ3) is 2.76. The minimum Gasteiger partial charge on any atom is -0.382 e. The molecule has 0 bridgehead atoms. The van der Waals surface area contributed by atoms with Crippen molar-refractivity contribution in [3.05, 3.63) is 29.8 Å². The number of hydrogen-bond acceptors (Lipinski definition) is 2. The van der Waals surface area contributed by atoms with E-state index in [0.717, 1.165) is 6.54 Å². The molecule has 16 heavy (non-hydrogen) atoms. The number of nitrogens with two attached hydrogens (primary N) is 1. The maximum atomic E-state index is 5.83. The van der Waals surface area contributed by atoms with Crippen LogP contribution >= 0.6 is 0 Å². The average molecular weight is 218 g/mol. The summed E-state index contributed by atoms with van der Waals surface area (Å²) in [6.07, 6.45) is 5.21. The lowest BCUT2D eigenvalue weighted by Gasteiger charge is -2.32. The van der Waals surface area contributed by atoms with Gasteiger partial charge in [0.1, 0.15) is 0 Å². The van der Waals surface area contributed by atoms with Crippen LogP contribution in [-0.2, 0) is 0 Å². The zero-order valence-corrected chi connectivity index (χ0v) is 10.1. The molecule has 0 amide bonds. The van der Waals surface area contributed by atoms with Gasteiger partial charge in [0.25, 0.3) is 0 Å². The fraction of sp³-hybridized carbons (Fsp3) is 0.571. The summed E-state index contributed by atoms with van der Waals surface area (Å²) in [5.41, 5.74) is 8.37. The van der Waals surface area contributed by atoms with E-state index in [1.54, 1.807) is 0 Å². The van der Waals surface area contributed by atoms with Crippen LogP contribution in [-0.4, -0.2) is 12.6 Å². The largest absolute Gasteiger partial charge is 0.382 e. The quantitative estimate of drug-likeness (QED) is 0.818. The highest BCUT2D eigenvalue weighted by Gasteiger charge is 2.23. The van der Waals surface area contributed by atoms with E-state index >= 15 is 0 Å². The average Bonchev–Trinajstić information content (AvgIpc) is 2.33. The Labute approximate surface area is 98.2 Å². The first-order valence-electron chi connectivity index (χ1n) is 6.33. The smallest absolute Gasteiger partial charge is 0.0342 e. The maximum Gasteiger partial charge on any atom is 0.0342 e. The Morgan fingerprint density at radius 2 is 1.88 bits per heavy atom. The Balaban J connectivity index is 1.99. The number of rotatable bonds is 3. The molecular formula is C14H22N2. The molecule has 1 aromatic carbocycles. The molecule has 1 aliphatic rings. The summed E-state index contributed by atoms with van der Waals surface area (Å²) in [4.78, 5) is 0. The van der Waals surface area contributed by atoms with Gasteiger partial charge in [-0.1, -0.05) is 30.5 Å². The SMILES string of the molecule is Cc1ccc(NC2CCCCC2CN)cc1. The van der Waals surface area contributed by atoms with Crippen LogP contribution in [0.25, 0.3) is 0 Å². The monoisotopic (exact) mass is 218 g/mol. The first-order chi connectivity index (χ1) is 7.79. The van der Waals surface area contributed by atoms with Crippen molar-refractivity contribution >= 4 is 5.69 Å². The molecule has 0 saturated heterocycles. The maximum absolute atomic E-state index is 5.83. The van der Waals surface area contributed by atoms with Gasteiger partial charge in [-0.3, -0.25) is 0 Å². The van der Waals surface area contributed by atoms with Gasteiger partial charge in [0.15, 0.2) is 0 Å². The van der Waals surface area contributed by atoms with Crippen molar-refractivity contribution in [1.82, 2.24) is 0 Å². The van der Waals surface area contributed by atoms with Gasteiger partial charge in [-0.25, -0.2) is 0 Å². The molecule has 1 fully saturated rings. The number of benzene rings is 1. The molecular weight excluding hydrogens is 196 g/mol. The highest BCUT2D eigenvalue weighted by molar-refractivity contribution is 5.45. The minimum atomic E-state index is 0.571. The Morgan fingerprint density at radius 1 is 1.19 bits per heavy atom. The summed E-state index contributed by atoms with van der Waals surface area (Å²) < 4.78 is 0. The standard InChI is InChI=1S/C14H22N2/c1-11-6-8-13(9-7-11)16-14-5-3-2-4-12(14)10-15/h6-9,12,14,16H,2-5,10,15H2,1H3. The molecule has 0 radical (unpaired) electrons. The van der Waals surface area contributed by atoms with Crippen LogP contribution in [0.3, 0.4) is 0 Å². The van der Waals surface area contributed by atoms with Crippen LogP contribution in [0, 0.1) is 12.8 Å². The lowest BCUT2D eigenvalue weighted by Crippen LogP contribution is -2.36. The van der Waals surface area contributed by atoms with E-state index in [2.05, 4.69) is 36.5 Å². The van der Waals surface area contributed by atoms with Gasteiger partial charge in [0, 0.05) is 11.7 Å². The molecule has 2 rings (SSSR count). The highest BCUT2D eigenvalue weighted by Crippen LogP contribution is 2.26. The molecule has 2 heteroatoms. The number of anilines is 1. The van der Waals surface area contributed by atoms with Gasteiger partial charge < -0.3 is 11.1 Å². The fourth-order valence-corrected chi connectivity index (χ4v) is 2.54. The van der Waals surface area contributed by atoms with Crippen LogP contribution in [0.1, 0.15) is 31.2 Å². The normalized spacial score (nSPS) is 25.4. The minimum absolute atomic E-state index is 0.571. The fourth-order valence-electron chi connectivity index (χ4n) is 2.54. The van der Waals surface area contributed by atoms with Crippen LogP contribution in [0.5, 0.6) is 0 Å². The van der Waals surface area contributed by atoms with Crippen LogP contribution in [0.4, 0.5) is 5.69 Å². The van der Waals surface area contributed by atoms with E-state index in [1.807, 2.05) is 0 Å². The van der Waals surface area contributed by atoms with Crippen molar-refractivity contribution in [2.45, 2.75) is 38.6 Å². The third-order valence-electron chi connectivity index (χ3n) is 3.62. The molecule has 2 nitrogen and oxygen atoms in total. The Bertz CT molecular complexity index is 318. The zero-order chi connectivity index (χ0) is 11.4. The molecule has 0 heterocycles. The highest BCUT2D eigenvalue weighted by atomic mass is 14.9. The summed E-state index contributed by atoms with van der Waals surface area (Å²) in [5.74, 6) is 0.648. The number of aryl methyl sites for hydroxylation is 1. The van der Waals surface area contributed by atoms with Crippen molar-refractivity contribution in [3.8, 4) is 0 Å². The topological polar surface area (TPSA) is 38.0 Å². The van der Waals surface area contributed by atoms with Gasteiger partial charge in [0.05, 0.1) is 0 Å². The first kappa shape index (κ1) is 11.5. The molecule has 0 aliphatic heterocycles. The molecule has 2 unspecified atom stereocenters. The van der Waals surface area contributed by atoms with E-state index in [1.165, 1.54) is 36.9 Å². The van der Waals surface area contributed by atoms with E-state index in [4.69, 9.17) is 5.73 Å². The summed E-state index contributed by atoms with van der Waals surface area (Å²) >= 11 is 0. The predicted octanol–water partition coefficient (Wildman–Crippen LogP) is 2.92. The Kier molecular flexibility index (Phi) is 3.83. The third-order valence-corrected chi connectivity index (χ3v) is 3.62. The molecule has 1 saturated carbocycles. The summed E-state index contributed by atoms with van der Waals surface area (Å²) in [6, 6.07) is 9.21. The second-order valence-corrected chi connectivity index (χ2v) is 4.90. The molecule has 1 aromatic rings. The molecule has 0 spiro atoms. The van der Waals surface area contributed by atoms with E-state index in [-0.39, 0.29) is 0 Å². The van der Waals surface area contributed by atoms with Crippen LogP contribution in [0.2, 0.25) is 0 Å². The molecule has 2 atom stereocenters. The molecule has 1 aliphatic carbocycles. The number of hydrogen-bond donors (Lipinski definition) is 2.